The van der Waals surface area contributed by atoms with Crippen LogP contribution in [-0.4, -0.2) is 40.3 Å². The lowest BCUT2D eigenvalue weighted by Crippen LogP contribution is -2.42. The number of rotatable bonds is 6. The van der Waals surface area contributed by atoms with Gasteiger partial charge in [-0.3, -0.25) is 30.1 Å². The first-order valence-corrected chi connectivity index (χ1v) is 11.4. The highest BCUT2D eigenvalue weighted by Gasteiger charge is 2.31. The van der Waals surface area contributed by atoms with Crippen LogP contribution in [0.5, 0.6) is 11.5 Å². The van der Waals surface area contributed by atoms with E-state index in [0.29, 0.717) is 39.3 Å². The minimum Gasteiger partial charge on any atom is -0.454 e. The number of nitrogens with one attached hydrogen (secondary N) is 2. The van der Waals surface area contributed by atoms with Crippen molar-refractivity contribution in [3.63, 3.8) is 0 Å². The van der Waals surface area contributed by atoms with Crippen molar-refractivity contribution in [2.75, 3.05) is 13.3 Å². The van der Waals surface area contributed by atoms with Crippen LogP contribution >= 0.6 is 24.0 Å². The van der Waals surface area contributed by atoms with Crippen LogP contribution in [0.2, 0.25) is 0 Å². The van der Waals surface area contributed by atoms with Crippen LogP contribution in [-0.2, 0) is 9.59 Å². The zero-order chi connectivity index (χ0) is 23.4. The maximum atomic E-state index is 12.8. The molecule has 170 valence electrons. The van der Waals surface area contributed by atoms with Crippen LogP contribution in [0.4, 0.5) is 0 Å². The van der Waals surface area contributed by atoms with Gasteiger partial charge in [-0.1, -0.05) is 48.2 Å². The molecule has 10 heteroatoms. The number of ether oxygens (including phenoxy) is 2. The van der Waals surface area contributed by atoms with E-state index in [-0.39, 0.29) is 30.9 Å². The highest BCUT2D eigenvalue weighted by molar-refractivity contribution is 8.26. The molecule has 2 aromatic carbocycles. The van der Waals surface area contributed by atoms with Crippen LogP contribution in [0.25, 0.3) is 6.08 Å². The summed E-state index contributed by atoms with van der Waals surface area (Å²) in [4.78, 5) is 39.0. The van der Waals surface area contributed by atoms with E-state index in [9.17, 15) is 14.4 Å². The maximum Gasteiger partial charge on any atom is 0.269 e. The van der Waals surface area contributed by atoms with Crippen LogP contribution in [0.1, 0.15) is 34.3 Å². The minimum atomic E-state index is -0.382. The molecule has 0 aliphatic carbocycles. The van der Waals surface area contributed by atoms with Crippen LogP contribution < -0.4 is 20.3 Å². The van der Waals surface area contributed by atoms with Gasteiger partial charge in [0.1, 0.15) is 4.32 Å². The molecule has 2 aliphatic rings. The normalized spacial score (nSPS) is 15.8. The lowest BCUT2D eigenvalue weighted by atomic mass is 10.1. The number of hydrogen-bond acceptors (Lipinski definition) is 7. The fourth-order valence-corrected chi connectivity index (χ4v) is 4.64. The number of benzene rings is 2. The minimum absolute atomic E-state index is 0.131. The first-order chi connectivity index (χ1) is 15.9. The summed E-state index contributed by atoms with van der Waals surface area (Å²) in [5, 5.41) is 0. The molecule has 2 aromatic rings. The molecule has 0 spiro atoms. The second kappa shape index (κ2) is 10.1. The van der Waals surface area contributed by atoms with Crippen molar-refractivity contribution >= 4 is 52.1 Å². The molecule has 1 saturated heterocycles. The summed E-state index contributed by atoms with van der Waals surface area (Å²) >= 11 is 6.57. The van der Waals surface area contributed by atoms with Gasteiger partial charge in [0.2, 0.25) is 12.7 Å². The highest BCUT2D eigenvalue weighted by atomic mass is 32.2. The molecule has 0 unspecified atom stereocenters. The van der Waals surface area contributed by atoms with Crippen molar-refractivity contribution in [1.29, 1.82) is 0 Å². The van der Waals surface area contributed by atoms with Gasteiger partial charge in [-0.2, -0.15) is 0 Å². The number of fused-ring (bicyclic) bond motifs is 1. The second-order valence-electron chi connectivity index (χ2n) is 7.37. The van der Waals surface area contributed by atoms with E-state index in [0.717, 1.165) is 11.1 Å². The number of hydrazine groups is 1. The Balaban J connectivity index is 1.26. The number of aryl methyl sites for hydroxylation is 1. The summed E-state index contributed by atoms with van der Waals surface area (Å²) in [6.07, 6.45) is 2.29. The van der Waals surface area contributed by atoms with E-state index in [4.69, 9.17) is 21.7 Å². The largest absolute Gasteiger partial charge is 0.454 e. The molecular weight excluding hydrogens is 462 g/mol. The smallest absolute Gasteiger partial charge is 0.269 e. The number of carbonyl (C=O) groups is 3. The van der Waals surface area contributed by atoms with Crippen molar-refractivity contribution in [3.8, 4) is 11.5 Å². The molecule has 0 radical (unpaired) electrons. The SMILES string of the molecule is Cc1ccccc1C(=O)NNC(=O)CCCN1C(=O)/C(=C/c2ccc3c(c2)OCO3)SC1=S. The molecule has 3 amide bonds. The Bertz CT molecular complexity index is 1160. The molecule has 4 rings (SSSR count). The third-order valence-corrected chi connectivity index (χ3v) is 6.44. The average molecular weight is 484 g/mol. The van der Waals surface area contributed by atoms with Crippen LogP contribution in [0, 0.1) is 6.92 Å². The quantitative estimate of drug-likeness (QED) is 0.370. The molecule has 0 aromatic heterocycles. The van der Waals surface area contributed by atoms with E-state index >= 15 is 0 Å². The summed E-state index contributed by atoms with van der Waals surface area (Å²) in [5.41, 5.74) is 6.93. The standard InChI is InChI=1S/C23H21N3O5S2/c1-14-5-2-3-6-16(14)21(28)25-24-20(27)7-4-10-26-22(29)19(33-23(26)32)12-15-8-9-17-18(11-15)31-13-30-17/h2-3,5-6,8-9,11-12H,4,7,10,13H2,1H3,(H,24,27)(H,25,28)/b19-12-. The number of amides is 3. The number of nitrogens with zero attached hydrogens (tertiary/aromatic N) is 1. The summed E-state index contributed by atoms with van der Waals surface area (Å²) < 4.78 is 11.1. The predicted molar refractivity (Wildman–Crippen MR) is 128 cm³/mol. The van der Waals surface area contributed by atoms with Gasteiger partial charge < -0.3 is 9.47 Å². The molecular formula is C23H21N3O5S2. The lowest BCUT2D eigenvalue weighted by Gasteiger charge is -2.14. The zero-order valence-corrected chi connectivity index (χ0v) is 19.4. The van der Waals surface area contributed by atoms with E-state index in [2.05, 4.69) is 10.9 Å². The third kappa shape index (κ3) is 5.35. The molecule has 0 bridgehead atoms. The highest BCUT2D eigenvalue weighted by Crippen LogP contribution is 2.36. The zero-order valence-electron chi connectivity index (χ0n) is 17.8. The average Bonchev–Trinajstić information content (AvgIpc) is 3.37. The summed E-state index contributed by atoms with van der Waals surface area (Å²) in [5.74, 6) is 0.383. The van der Waals surface area contributed by atoms with Crippen molar-refractivity contribution in [2.24, 2.45) is 0 Å². The van der Waals surface area contributed by atoms with Gasteiger partial charge in [-0.05, 0) is 48.7 Å². The molecule has 2 heterocycles. The Morgan fingerprint density at radius 2 is 1.94 bits per heavy atom. The lowest BCUT2D eigenvalue weighted by molar-refractivity contribution is -0.124. The van der Waals surface area contributed by atoms with Gasteiger partial charge in [0.15, 0.2) is 11.5 Å². The van der Waals surface area contributed by atoms with Gasteiger partial charge in [0, 0.05) is 18.5 Å². The van der Waals surface area contributed by atoms with Crippen LogP contribution in [0.3, 0.4) is 0 Å². The maximum absolute atomic E-state index is 12.8. The van der Waals surface area contributed by atoms with E-state index < -0.39 is 0 Å². The van der Waals surface area contributed by atoms with Crippen molar-refractivity contribution in [3.05, 3.63) is 64.1 Å². The summed E-state index contributed by atoms with van der Waals surface area (Å²) in [6, 6.07) is 12.5. The van der Waals surface area contributed by atoms with Crippen molar-refractivity contribution < 1.29 is 23.9 Å². The number of carbonyl (C=O) groups excluding carboxylic acids is 3. The Morgan fingerprint density at radius 3 is 2.76 bits per heavy atom. The van der Waals surface area contributed by atoms with Gasteiger partial charge in [0.25, 0.3) is 11.8 Å². The third-order valence-electron chi connectivity index (χ3n) is 5.06. The van der Waals surface area contributed by atoms with Crippen molar-refractivity contribution in [2.45, 2.75) is 19.8 Å². The molecule has 2 N–H and O–H groups in total. The van der Waals surface area contributed by atoms with Gasteiger partial charge in [-0.15, -0.1) is 0 Å². The molecule has 33 heavy (non-hydrogen) atoms. The molecule has 8 nitrogen and oxygen atoms in total. The van der Waals surface area contributed by atoms with Gasteiger partial charge in [0.05, 0.1) is 4.91 Å². The molecule has 0 atom stereocenters. The number of thioether (sulfide) groups is 1. The van der Waals surface area contributed by atoms with Crippen molar-refractivity contribution in [1.82, 2.24) is 15.8 Å². The predicted octanol–water partition coefficient (Wildman–Crippen LogP) is 3.17. The summed E-state index contributed by atoms with van der Waals surface area (Å²) in [6.45, 7) is 2.31. The monoisotopic (exact) mass is 483 g/mol. The van der Waals surface area contributed by atoms with E-state index in [1.807, 2.05) is 31.2 Å². The Morgan fingerprint density at radius 1 is 1.15 bits per heavy atom. The Hall–Kier alpha value is -3.37. The van der Waals surface area contributed by atoms with Gasteiger partial charge in [-0.25, -0.2) is 0 Å². The molecule has 1 fully saturated rings. The van der Waals surface area contributed by atoms with Crippen LogP contribution in [0.15, 0.2) is 47.4 Å². The first-order valence-electron chi connectivity index (χ1n) is 10.2. The van der Waals surface area contributed by atoms with Gasteiger partial charge >= 0.3 is 0 Å². The fraction of sp³-hybridized carbons (Fsp3) is 0.217. The summed E-state index contributed by atoms with van der Waals surface area (Å²) in [7, 11) is 0. The topological polar surface area (TPSA) is 97.0 Å². The Kier molecular flexibility index (Phi) is 6.95. The number of thiocarbonyl (C=S) groups is 1. The van der Waals surface area contributed by atoms with E-state index in [1.54, 1.807) is 24.3 Å². The molecule has 0 saturated carbocycles. The second-order valence-corrected chi connectivity index (χ2v) is 9.04. The van der Waals surface area contributed by atoms with E-state index in [1.165, 1.54) is 16.7 Å². The molecule has 2 aliphatic heterocycles. The first kappa shape index (κ1) is 22.8. The fourth-order valence-electron chi connectivity index (χ4n) is 3.33. The number of hydrogen-bond donors (Lipinski definition) is 2. The Labute approximate surface area is 200 Å².